The number of hydrogen-bond donors (Lipinski definition) is 4. The van der Waals surface area contributed by atoms with Gasteiger partial charge in [-0.1, -0.05) is 18.2 Å². The Bertz CT molecular complexity index is 876. The van der Waals surface area contributed by atoms with Crippen molar-refractivity contribution in [3.05, 3.63) is 52.7 Å². The number of rotatable bonds is 4. The van der Waals surface area contributed by atoms with Crippen molar-refractivity contribution in [3.8, 4) is 5.88 Å². The van der Waals surface area contributed by atoms with E-state index in [0.29, 0.717) is 4.73 Å². The summed E-state index contributed by atoms with van der Waals surface area (Å²) in [4.78, 5) is 33.2. The van der Waals surface area contributed by atoms with Crippen molar-refractivity contribution in [2.75, 3.05) is 0 Å². The lowest BCUT2D eigenvalue weighted by atomic mass is 10.1. The minimum atomic E-state index is -0.942. The standard InChI is InChI=1S/C14H14N4O4/c15-10(13(20)22-18-7-12(19)17-14(18)21)5-8-6-16-11-4-2-1-3-9(8)11/h1-4,6-7,10,16,19H,5,15H2,(H,17,21)/t10-/m0/s1. The molecule has 0 amide bonds. The monoisotopic (exact) mass is 302 g/mol. The lowest BCUT2D eigenvalue weighted by Gasteiger charge is -2.09. The van der Waals surface area contributed by atoms with Crippen LogP contribution in [0.5, 0.6) is 5.88 Å². The van der Waals surface area contributed by atoms with Gasteiger partial charge in [0.25, 0.3) is 0 Å². The smallest absolute Gasteiger partial charge is 0.361 e. The molecule has 114 valence electrons. The van der Waals surface area contributed by atoms with Crippen LogP contribution in [0.3, 0.4) is 0 Å². The predicted molar refractivity (Wildman–Crippen MR) is 78.3 cm³/mol. The van der Waals surface area contributed by atoms with Crippen LogP contribution < -0.4 is 16.3 Å². The molecular weight excluding hydrogens is 288 g/mol. The number of para-hydroxylation sites is 1. The van der Waals surface area contributed by atoms with Crippen molar-refractivity contribution in [2.24, 2.45) is 5.73 Å². The van der Waals surface area contributed by atoms with Crippen molar-refractivity contribution >= 4 is 16.9 Å². The van der Waals surface area contributed by atoms with Crippen molar-refractivity contribution in [1.82, 2.24) is 14.7 Å². The van der Waals surface area contributed by atoms with Crippen LogP contribution in [0.15, 0.2) is 41.5 Å². The van der Waals surface area contributed by atoms with Crippen LogP contribution in [0.4, 0.5) is 0 Å². The number of hydrogen-bond acceptors (Lipinski definition) is 5. The van der Waals surface area contributed by atoms with Crippen LogP contribution in [0, 0.1) is 0 Å². The number of fused-ring (bicyclic) bond motifs is 1. The maximum absolute atomic E-state index is 11.9. The second-order valence-electron chi connectivity index (χ2n) is 4.85. The van der Waals surface area contributed by atoms with E-state index in [-0.39, 0.29) is 6.42 Å². The first-order chi connectivity index (χ1) is 10.5. The first-order valence-electron chi connectivity index (χ1n) is 6.58. The molecule has 0 aliphatic carbocycles. The topological polar surface area (TPSA) is 126 Å². The van der Waals surface area contributed by atoms with Gasteiger partial charge < -0.3 is 20.7 Å². The van der Waals surface area contributed by atoms with E-state index in [1.54, 1.807) is 6.20 Å². The highest BCUT2D eigenvalue weighted by molar-refractivity contribution is 5.84. The zero-order valence-electron chi connectivity index (χ0n) is 11.4. The number of benzene rings is 1. The number of aromatic nitrogens is 3. The number of aromatic amines is 2. The highest BCUT2D eigenvalue weighted by Crippen LogP contribution is 2.18. The largest absolute Gasteiger partial charge is 0.493 e. The molecule has 8 heteroatoms. The van der Waals surface area contributed by atoms with E-state index in [0.717, 1.165) is 22.7 Å². The molecular formula is C14H14N4O4. The molecule has 3 aromatic rings. The summed E-state index contributed by atoms with van der Waals surface area (Å²) in [6.07, 6.45) is 3.00. The molecule has 0 unspecified atom stereocenters. The number of carbonyl (C=O) groups is 1. The van der Waals surface area contributed by atoms with Crippen molar-refractivity contribution in [1.29, 1.82) is 0 Å². The zero-order chi connectivity index (χ0) is 15.7. The van der Waals surface area contributed by atoms with Crippen LogP contribution in [-0.2, 0) is 11.2 Å². The molecule has 0 aliphatic heterocycles. The quantitative estimate of drug-likeness (QED) is 0.535. The maximum Gasteiger partial charge on any atom is 0.361 e. The van der Waals surface area contributed by atoms with E-state index in [1.807, 2.05) is 24.3 Å². The van der Waals surface area contributed by atoms with E-state index >= 15 is 0 Å². The Morgan fingerprint density at radius 2 is 2.18 bits per heavy atom. The average Bonchev–Trinajstić information content (AvgIpc) is 3.03. The fraction of sp³-hybridized carbons (Fsp3) is 0.143. The van der Waals surface area contributed by atoms with E-state index in [2.05, 4.69) is 9.97 Å². The fourth-order valence-electron chi connectivity index (χ4n) is 2.22. The molecule has 0 fully saturated rings. The second kappa shape index (κ2) is 5.41. The van der Waals surface area contributed by atoms with Gasteiger partial charge in [0, 0.05) is 23.5 Å². The normalized spacial score (nSPS) is 12.4. The third-order valence-corrected chi connectivity index (χ3v) is 3.28. The Morgan fingerprint density at radius 3 is 2.91 bits per heavy atom. The number of carbonyl (C=O) groups excluding carboxylic acids is 1. The van der Waals surface area contributed by atoms with Gasteiger partial charge >= 0.3 is 11.7 Å². The van der Waals surface area contributed by atoms with Gasteiger partial charge in [-0.3, -0.25) is 4.98 Å². The highest BCUT2D eigenvalue weighted by atomic mass is 16.7. The molecule has 0 saturated heterocycles. The maximum atomic E-state index is 11.9. The van der Waals surface area contributed by atoms with Crippen LogP contribution >= 0.6 is 0 Å². The molecule has 3 rings (SSSR count). The number of imidazole rings is 1. The van der Waals surface area contributed by atoms with Crippen molar-refractivity contribution < 1.29 is 14.7 Å². The molecule has 0 aliphatic rings. The number of nitrogens with two attached hydrogens (primary N) is 1. The first-order valence-corrected chi connectivity index (χ1v) is 6.58. The number of nitrogens with one attached hydrogen (secondary N) is 2. The van der Waals surface area contributed by atoms with Gasteiger partial charge in [-0.2, -0.15) is 0 Å². The Labute approximate surface area is 124 Å². The van der Waals surface area contributed by atoms with Gasteiger partial charge in [0.05, 0.1) is 0 Å². The van der Waals surface area contributed by atoms with Crippen LogP contribution in [-0.4, -0.2) is 31.8 Å². The molecule has 0 radical (unpaired) electrons. The Morgan fingerprint density at radius 1 is 1.41 bits per heavy atom. The minimum absolute atomic E-state index is 0.258. The summed E-state index contributed by atoms with van der Waals surface area (Å²) in [5.41, 5.74) is 6.90. The van der Waals surface area contributed by atoms with Gasteiger partial charge in [-0.25, -0.2) is 9.59 Å². The summed E-state index contributed by atoms with van der Waals surface area (Å²) in [5.74, 6) is -1.17. The van der Waals surface area contributed by atoms with Gasteiger partial charge in [-0.15, -0.1) is 4.73 Å². The molecule has 2 aromatic heterocycles. The van der Waals surface area contributed by atoms with Gasteiger partial charge in [0.2, 0.25) is 5.88 Å². The van der Waals surface area contributed by atoms with E-state index < -0.39 is 23.6 Å². The zero-order valence-corrected chi connectivity index (χ0v) is 11.4. The summed E-state index contributed by atoms with van der Waals surface area (Å²) < 4.78 is 0.604. The summed E-state index contributed by atoms with van der Waals surface area (Å²) in [6, 6.07) is 6.70. The van der Waals surface area contributed by atoms with Gasteiger partial charge in [-0.05, 0) is 11.6 Å². The third kappa shape index (κ3) is 2.59. The minimum Gasteiger partial charge on any atom is -0.493 e. The Hall–Kier alpha value is -3.00. The molecule has 2 heterocycles. The predicted octanol–water partition coefficient (Wildman–Crippen LogP) is -0.112. The lowest BCUT2D eigenvalue weighted by Crippen LogP contribution is -2.41. The molecule has 0 spiro atoms. The Kier molecular flexibility index (Phi) is 3.43. The number of nitrogens with zero attached hydrogens (tertiary/aromatic N) is 1. The Balaban J connectivity index is 1.74. The van der Waals surface area contributed by atoms with Crippen molar-refractivity contribution in [3.63, 3.8) is 0 Å². The molecule has 0 saturated carbocycles. The molecule has 22 heavy (non-hydrogen) atoms. The summed E-state index contributed by atoms with van der Waals surface area (Å²) >= 11 is 0. The van der Waals surface area contributed by atoms with E-state index in [1.165, 1.54) is 0 Å². The highest BCUT2D eigenvalue weighted by Gasteiger charge is 2.19. The van der Waals surface area contributed by atoms with Crippen molar-refractivity contribution in [2.45, 2.75) is 12.5 Å². The second-order valence-corrected chi connectivity index (χ2v) is 4.85. The molecule has 5 N–H and O–H groups in total. The molecule has 8 nitrogen and oxygen atoms in total. The SMILES string of the molecule is N[C@@H](Cc1c[nH]c2ccccc12)C(=O)On1cc(O)[nH]c1=O. The van der Waals surface area contributed by atoms with Gasteiger partial charge in [0.15, 0.2) is 0 Å². The van der Waals surface area contributed by atoms with E-state index in [4.69, 9.17) is 15.7 Å². The fourth-order valence-corrected chi connectivity index (χ4v) is 2.22. The first kappa shape index (κ1) is 14.0. The summed E-state index contributed by atoms with van der Waals surface area (Å²) in [5, 5.41) is 10.1. The van der Waals surface area contributed by atoms with E-state index in [9.17, 15) is 9.59 Å². The van der Waals surface area contributed by atoms with Crippen LogP contribution in [0.2, 0.25) is 0 Å². The van der Waals surface area contributed by atoms with Crippen LogP contribution in [0.1, 0.15) is 5.56 Å². The summed E-state index contributed by atoms with van der Waals surface area (Å²) in [6.45, 7) is 0. The van der Waals surface area contributed by atoms with Gasteiger partial charge in [0.1, 0.15) is 12.2 Å². The summed E-state index contributed by atoms with van der Waals surface area (Å²) in [7, 11) is 0. The molecule has 0 bridgehead atoms. The number of aromatic hydroxyl groups is 1. The molecule has 1 aromatic carbocycles. The average molecular weight is 302 g/mol. The third-order valence-electron chi connectivity index (χ3n) is 3.28. The lowest BCUT2D eigenvalue weighted by molar-refractivity contribution is -0.146. The van der Waals surface area contributed by atoms with Crippen LogP contribution in [0.25, 0.3) is 10.9 Å². The number of H-pyrrole nitrogens is 2. The molecule has 1 atom stereocenters.